The van der Waals surface area contributed by atoms with Crippen molar-refractivity contribution >= 4 is 21.8 Å². The minimum absolute atomic E-state index is 0.0876. The Labute approximate surface area is 135 Å². The number of hydrogen-bond donors (Lipinski definition) is 2. The Morgan fingerprint density at radius 3 is 3.00 bits per heavy atom. The third kappa shape index (κ3) is 3.70. The summed E-state index contributed by atoms with van der Waals surface area (Å²) in [6, 6.07) is 6.66. The normalized spacial score (nSPS) is 23.5. The van der Waals surface area contributed by atoms with Crippen LogP contribution in [0.4, 0.5) is 0 Å². The van der Waals surface area contributed by atoms with Crippen LogP contribution in [-0.4, -0.2) is 46.5 Å². The van der Waals surface area contributed by atoms with Gasteiger partial charge in [-0.15, -0.1) is 0 Å². The minimum Gasteiger partial charge on any atom is -0.381 e. The Morgan fingerprint density at radius 1 is 1.39 bits per heavy atom. The predicted octanol–water partition coefficient (Wildman–Crippen LogP) is 0.268. The summed E-state index contributed by atoms with van der Waals surface area (Å²) in [5.74, 6) is 0.603. The number of ether oxygens (including phenoxy) is 1. The Morgan fingerprint density at radius 2 is 2.22 bits per heavy atom. The van der Waals surface area contributed by atoms with Gasteiger partial charge in [0.25, 0.3) is 10.0 Å². The SMILES string of the molecule is O=C(CCN=C1NS(=O)(=O)c2ccccc21)NCC1CCOC1. The van der Waals surface area contributed by atoms with Gasteiger partial charge in [0.1, 0.15) is 5.84 Å². The van der Waals surface area contributed by atoms with E-state index >= 15 is 0 Å². The van der Waals surface area contributed by atoms with Crippen molar-refractivity contribution in [3.05, 3.63) is 29.8 Å². The highest BCUT2D eigenvalue weighted by Gasteiger charge is 2.29. The number of hydrogen-bond acceptors (Lipinski definition) is 5. The summed E-state index contributed by atoms with van der Waals surface area (Å²) in [6.07, 6.45) is 1.20. The zero-order valence-corrected chi connectivity index (χ0v) is 13.4. The van der Waals surface area contributed by atoms with Crippen LogP contribution in [0.2, 0.25) is 0 Å². The number of sulfonamides is 1. The maximum absolute atomic E-state index is 11.9. The van der Waals surface area contributed by atoms with E-state index in [-0.39, 0.29) is 23.8 Å². The fourth-order valence-electron chi connectivity index (χ4n) is 2.61. The van der Waals surface area contributed by atoms with Gasteiger partial charge in [-0.1, -0.05) is 12.1 Å². The lowest BCUT2D eigenvalue weighted by atomic mass is 10.1. The van der Waals surface area contributed by atoms with Gasteiger partial charge in [0.05, 0.1) is 18.0 Å². The molecule has 2 heterocycles. The van der Waals surface area contributed by atoms with E-state index in [0.29, 0.717) is 30.5 Å². The standard InChI is InChI=1S/C15H19N3O4S/c19-14(17-9-11-6-8-22-10-11)5-7-16-15-12-3-1-2-4-13(12)23(20,21)18-15/h1-4,11H,5-10H2,(H,16,18)(H,17,19). The van der Waals surface area contributed by atoms with Crippen LogP contribution < -0.4 is 10.0 Å². The molecule has 1 unspecified atom stereocenters. The fourth-order valence-corrected chi connectivity index (χ4v) is 3.86. The van der Waals surface area contributed by atoms with E-state index in [1.54, 1.807) is 18.2 Å². The Balaban J connectivity index is 1.53. The number of nitrogens with one attached hydrogen (secondary N) is 2. The molecule has 0 bridgehead atoms. The van der Waals surface area contributed by atoms with Crippen LogP contribution in [0.15, 0.2) is 34.2 Å². The molecule has 1 saturated heterocycles. The zero-order valence-electron chi connectivity index (χ0n) is 12.6. The van der Waals surface area contributed by atoms with Crippen LogP contribution in [0.25, 0.3) is 0 Å². The molecular formula is C15H19N3O4S. The predicted molar refractivity (Wildman–Crippen MR) is 84.7 cm³/mol. The van der Waals surface area contributed by atoms with Crippen molar-refractivity contribution in [2.75, 3.05) is 26.3 Å². The lowest BCUT2D eigenvalue weighted by Crippen LogP contribution is -2.30. The van der Waals surface area contributed by atoms with E-state index < -0.39 is 10.0 Å². The minimum atomic E-state index is -3.52. The summed E-state index contributed by atoms with van der Waals surface area (Å²) >= 11 is 0. The summed E-state index contributed by atoms with van der Waals surface area (Å²) in [5.41, 5.74) is 0.552. The number of amidine groups is 1. The Hall–Kier alpha value is -1.93. The quantitative estimate of drug-likeness (QED) is 0.806. The number of benzene rings is 1. The van der Waals surface area contributed by atoms with Gasteiger partial charge in [0.15, 0.2) is 0 Å². The van der Waals surface area contributed by atoms with Crippen LogP contribution in [0.1, 0.15) is 18.4 Å². The summed E-state index contributed by atoms with van der Waals surface area (Å²) in [5, 5.41) is 2.86. The van der Waals surface area contributed by atoms with Gasteiger partial charge in [-0.3, -0.25) is 14.5 Å². The van der Waals surface area contributed by atoms with Crippen LogP contribution in [0.5, 0.6) is 0 Å². The van der Waals surface area contributed by atoms with Crippen molar-refractivity contribution in [3.8, 4) is 0 Å². The first-order chi connectivity index (χ1) is 11.1. The first kappa shape index (κ1) is 15.9. The molecule has 0 saturated carbocycles. The highest BCUT2D eigenvalue weighted by atomic mass is 32.2. The molecule has 0 aliphatic carbocycles. The Kier molecular flexibility index (Phi) is 4.63. The summed E-state index contributed by atoms with van der Waals surface area (Å²) in [6.45, 7) is 2.30. The molecule has 0 spiro atoms. The number of fused-ring (bicyclic) bond motifs is 1. The second kappa shape index (κ2) is 6.67. The lowest BCUT2D eigenvalue weighted by molar-refractivity contribution is -0.121. The molecule has 1 aromatic rings. The number of aliphatic imine (C=N–C) groups is 1. The van der Waals surface area contributed by atoms with Gasteiger partial charge in [0, 0.05) is 31.1 Å². The largest absolute Gasteiger partial charge is 0.381 e. The third-order valence-electron chi connectivity index (χ3n) is 3.88. The number of nitrogens with zero attached hydrogens (tertiary/aromatic N) is 1. The molecule has 0 radical (unpaired) electrons. The van der Waals surface area contributed by atoms with Crippen LogP contribution >= 0.6 is 0 Å². The second-order valence-electron chi connectivity index (χ2n) is 5.62. The molecule has 2 aliphatic heterocycles. The molecule has 2 N–H and O–H groups in total. The summed E-state index contributed by atoms with van der Waals surface area (Å²) in [4.78, 5) is 16.2. The van der Waals surface area contributed by atoms with Crippen molar-refractivity contribution in [1.29, 1.82) is 0 Å². The maximum Gasteiger partial charge on any atom is 0.263 e. The first-order valence-corrected chi connectivity index (χ1v) is 9.06. The highest BCUT2D eigenvalue weighted by molar-refractivity contribution is 7.90. The van der Waals surface area contributed by atoms with Gasteiger partial charge in [-0.25, -0.2) is 8.42 Å². The van der Waals surface area contributed by atoms with Gasteiger partial charge in [-0.05, 0) is 18.6 Å². The van der Waals surface area contributed by atoms with E-state index in [2.05, 4.69) is 15.0 Å². The van der Waals surface area contributed by atoms with E-state index in [4.69, 9.17) is 4.74 Å². The van der Waals surface area contributed by atoms with Crippen molar-refractivity contribution in [3.63, 3.8) is 0 Å². The number of carbonyl (C=O) groups is 1. The molecular weight excluding hydrogens is 318 g/mol. The molecule has 8 heteroatoms. The molecule has 7 nitrogen and oxygen atoms in total. The highest BCUT2D eigenvalue weighted by Crippen LogP contribution is 2.22. The molecule has 124 valence electrons. The average molecular weight is 337 g/mol. The molecule has 23 heavy (non-hydrogen) atoms. The zero-order chi connectivity index (χ0) is 16.3. The lowest BCUT2D eigenvalue weighted by Gasteiger charge is -2.08. The topological polar surface area (TPSA) is 96.9 Å². The fraction of sp³-hybridized carbons (Fsp3) is 0.467. The third-order valence-corrected chi connectivity index (χ3v) is 5.28. The molecule has 0 aromatic heterocycles. The molecule has 1 atom stereocenters. The summed E-state index contributed by atoms with van der Waals surface area (Å²) < 4.78 is 31.5. The number of rotatable bonds is 5. The number of amides is 1. The van der Waals surface area contributed by atoms with Crippen molar-refractivity contribution in [2.45, 2.75) is 17.7 Å². The molecule has 1 amide bonds. The van der Waals surface area contributed by atoms with E-state index in [1.165, 1.54) is 6.07 Å². The van der Waals surface area contributed by atoms with E-state index in [0.717, 1.165) is 13.0 Å². The van der Waals surface area contributed by atoms with Crippen LogP contribution in [0.3, 0.4) is 0 Å². The monoisotopic (exact) mass is 337 g/mol. The molecule has 3 rings (SSSR count). The van der Waals surface area contributed by atoms with Gasteiger partial charge < -0.3 is 10.1 Å². The molecule has 1 aromatic carbocycles. The average Bonchev–Trinajstić information content (AvgIpc) is 3.13. The van der Waals surface area contributed by atoms with E-state index in [1.807, 2.05) is 0 Å². The molecule has 2 aliphatic rings. The molecule has 1 fully saturated rings. The Bertz CT molecular complexity index is 724. The number of carbonyl (C=O) groups excluding carboxylic acids is 1. The van der Waals surface area contributed by atoms with Gasteiger partial charge in [0.2, 0.25) is 5.91 Å². The van der Waals surface area contributed by atoms with Crippen molar-refractivity contribution in [1.82, 2.24) is 10.0 Å². The second-order valence-corrected chi connectivity index (χ2v) is 7.27. The van der Waals surface area contributed by atoms with E-state index in [9.17, 15) is 13.2 Å². The first-order valence-electron chi connectivity index (χ1n) is 7.57. The van der Waals surface area contributed by atoms with Crippen molar-refractivity contribution < 1.29 is 17.9 Å². The van der Waals surface area contributed by atoms with Crippen LogP contribution in [-0.2, 0) is 19.6 Å². The van der Waals surface area contributed by atoms with Crippen LogP contribution in [0, 0.1) is 5.92 Å². The summed E-state index contributed by atoms with van der Waals surface area (Å²) in [7, 11) is -3.52. The maximum atomic E-state index is 11.9. The van der Waals surface area contributed by atoms with Gasteiger partial charge in [-0.2, -0.15) is 0 Å². The van der Waals surface area contributed by atoms with Gasteiger partial charge >= 0.3 is 0 Å². The van der Waals surface area contributed by atoms with Crippen molar-refractivity contribution in [2.24, 2.45) is 10.9 Å². The smallest absolute Gasteiger partial charge is 0.263 e.